The third-order valence-corrected chi connectivity index (χ3v) is 3.55. The van der Waals surface area contributed by atoms with Gasteiger partial charge in [-0.3, -0.25) is 9.59 Å². The van der Waals surface area contributed by atoms with Crippen LogP contribution >= 0.6 is 11.8 Å². The van der Waals surface area contributed by atoms with E-state index in [4.69, 9.17) is 0 Å². The van der Waals surface area contributed by atoms with E-state index >= 15 is 0 Å². The van der Waals surface area contributed by atoms with Crippen LogP contribution in [-0.4, -0.2) is 52.7 Å². The first-order valence-corrected chi connectivity index (χ1v) is 6.91. The summed E-state index contributed by atoms with van der Waals surface area (Å²) in [6, 6.07) is 1.35. The van der Waals surface area contributed by atoms with Crippen LogP contribution in [0.15, 0.2) is 22.2 Å². The minimum Gasteiger partial charge on any atom is -0.341 e. The quantitative estimate of drug-likeness (QED) is 0.580. The van der Waals surface area contributed by atoms with Crippen LogP contribution in [0.2, 0.25) is 0 Å². The lowest BCUT2D eigenvalue weighted by Crippen LogP contribution is -2.35. The Bertz CT molecular complexity index is 454. The zero-order valence-electron chi connectivity index (χ0n) is 10.0. The summed E-state index contributed by atoms with van der Waals surface area (Å²) in [5, 5.41) is 3.74. The van der Waals surface area contributed by atoms with Crippen molar-refractivity contribution in [3.8, 4) is 0 Å². The van der Waals surface area contributed by atoms with E-state index < -0.39 is 0 Å². The highest BCUT2D eigenvalue weighted by molar-refractivity contribution is 7.99. The molecule has 1 saturated heterocycles. The van der Waals surface area contributed by atoms with Crippen LogP contribution in [0.4, 0.5) is 0 Å². The van der Waals surface area contributed by atoms with Gasteiger partial charge in [0.05, 0.1) is 5.75 Å². The van der Waals surface area contributed by atoms with E-state index in [0.717, 1.165) is 32.6 Å². The van der Waals surface area contributed by atoms with Gasteiger partial charge >= 0.3 is 0 Å². The molecule has 1 aliphatic rings. The molecule has 7 heteroatoms. The van der Waals surface area contributed by atoms with Crippen molar-refractivity contribution in [1.29, 1.82) is 0 Å². The Morgan fingerprint density at radius 1 is 1.44 bits per heavy atom. The minimum atomic E-state index is -0.195. The fraction of sp³-hybridized carbons (Fsp3) is 0.545. The average molecular weight is 268 g/mol. The third kappa shape index (κ3) is 3.85. The van der Waals surface area contributed by atoms with Crippen LogP contribution in [0.1, 0.15) is 6.42 Å². The first kappa shape index (κ1) is 13.1. The fourth-order valence-corrected chi connectivity index (χ4v) is 2.49. The average Bonchev–Trinajstić information content (AvgIpc) is 2.65. The Labute approximate surface area is 109 Å². The lowest BCUT2D eigenvalue weighted by Gasteiger charge is -2.19. The van der Waals surface area contributed by atoms with Crippen molar-refractivity contribution in [3.63, 3.8) is 0 Å². The molecule has 18 heavy (non-hydrogen) atoms. The molecule has 0 saturated carbocycles. The number of nitrogens with zero attached hydrogens (tertiary/aromatic N) is 2. The molecule has 0 atom stereocenters. The minimum absolute atomic E-state index is 0.0928. The van der Waals surface area contributed by atoms with Gasteiger partial charge in [0.25, 0.3) is 5.56 Å². The Kier molecular flexibility index (Phi) is 4.77. The highest BCUT2D eigenvalue weighted by atomic mass is 32.2. The van der Waals surface area contributed by atoms with Gasteiger partial charge in [-0.05, 0) is 13.0 Å². The molecule has 1 aromatic rings. The predicted octanol–water partition coefficient (Wildman–Crippen LogP) is -0.316. The maximum absolute atomic E-state index is 12.0. The molecule has 1 amide bonds. The van der Waals surface area contributed by atoms with Crippen LogP contribution in [0.3, 0.4) is 0 Å². The molecule has 2 rings (SSSR count). The van der Waals surface area contributed by atoms with Gasteiger partial charge in [-0.1, -0.05) is 11.8 Å². The number of carbonyl (C=O) groups excluding carboxylic acids is 1. The number of rotatable bonds is 3. The molecule has 0 unspecified atom stereocenters. The van der Waals surface area contributed by atoms with Crippen molar-refractivity contribution in [3.05, 3.63) is 22.6 Å². The van der Waals surface area contributed by atoms with Gasteiger partial charge in [0.2, 0.25) is 5.91 Å². The molecular formula is C11H16N4O2S. The standard InChI is InChI=1S/C11H16N4O2S/c16-9-2-4-13-11(14-9)18-8-10(17)15-6-1-3-12-5-7-15/h2,4,12H,1,3,5-8H2,(H,13,14,16). The van der Waals surface area contributed by atoms with Crippen molar-refractivity contribution in [2.75, 3.05) is 31.9 Å². The van der Waals surface area contributed by atoms with E-state index in [1.165, 1.54) is 24.0 Å². The van der Waals surface area contributed by atoms with Gasteiger partial charge in [-0.25, -0.2) is 4.98 Å². The number of nitrogens with one attached hydrogen (secondary N) is 2. The van der Waals surface area contributed by atoms with Gasteiger partial charge in [0.1, 0.15) is 0 Å². The van der Waals surface area contributed by atoms with Crippen molar-refractivity contribution < 1.29 is 4.79 Å². The van der Waals surface area contributed by atoms with Gasteiger partial charge in [-0.15, -0.1) is 0 Å². The SMILES string of the molecule is O=C(CSc1nccc(=O)[nH]1)N1CCCNCC1. The van der Waals surface area contributed by atoms with Gasteiger partial charge in [0, 0.05) is 31.9 Å². The molecule has 6 nitrogen and oxygen atoms in total. The van der Waals surface area contributed by atoms with E-state index in [1.54, 1.807) is 0 Å². The zero-order chi connectivity index (χ0) is 12.8. The second-order valence-corrected chi connectivity index (χ2v) is 4.98. The first-order valence-electron chi connectivity index (χ1n) is 5.92. The molecule has 2 N–H and O–H groups in total. The van der Waals surface area contributed by atoms with Crippen LogP contribution in [0.25, 0.3) is 0 Å². The number of amides is 1. The molecule has 1 fully saturated rings. The zero-order valence-corrected chi connectivity index (χ0v) is 10.8. The summed E-state index contributed by atoms with van der Waals surface area (Å²) >= 11 is 1.26. The Morgan fingerprint density at radius 2 is 2.33 bits per heavy atom. The summed E-state index contributed by atoms with van der Waals surface area (Å²) in [5.74, 6) is 0.405. The molecule has 0 spiro atoms. The summed E-state index contributed by atoms with van der Waals surface area (Å²) in [4.78, 5) is 31.5. The van der Waals surface area contributed by atoms with Crippen molar-refractivity contribution >= 4 is 17.7 Å². The van der Waals surface area contributed by atoms with Crippen LogP contribution in [0.5, 0.6) is 0 Å². The van der Waals surface area contributed by atoms with Gasteiger partial charge in [-0.2, -0.15) is 0 Å². The molecule has 0 radical (unpaired) electrons. The predicted molar refractivity (Wildman–Crippen MR) is 69.6 cm³/mol. The van der Waals surface area contributed by atoms with Crippen LogP contribution < -0.4 is 10.9 Å². The largest absolute Gasteiger partial charge is 0.341 e. The van der Waals surface area contributed by atoms with E-state index in [0.29, 0.717) is 10.9 Å². The lowest BCUT2D eigenvalue weighted by molar-refractivity contribution is -0.128. The van der Waals surface area contributed by atoms with E-state index in [-0.39, 0.29) is 11.5 Å². The van der Waals surface area contributed by atoms with E-state index in [9.17, 15) is 9.59 Å². The van der Waals surface area contributed by atoms with Crippen molar-refractivity contribution in [1.82, 2.24) is 20.2 Å². The number of hydrogen-bond donors (Lipinski definition) is 2. The number of H-pyrrole nitrogens is 1. The Hall–Kier alpha value is -1.34. The number of aromatic amines is 1. The third-order valence-electron chi connectivity index (χ3n) is 2.67. The van der Waals surface area contributed by atoms with Crippen molar-refractivity contribution in [2.45, 2.75) is 11.6 Å². The summed E-state index contributed by atoms with van der Waals surface area (Å²) in [7, 11) is 0. The molecule has 1 aliphatic heterocycles. The summed E-state index contributed by atoms with van der Waals surface area (Å²) in [6.45, 7) is 3.35. The lowest BCUT2D eigenvalue weighted by atomic mass is 10.4. The van der Waals surface area contributed by atoms with Crippen LogP contribution in [-0.2, 0) is 4.79 Å². The second kappa shape index (κ2) is 6.55. The van der Waals surface area contributed by atoms with Crippen LogP contribution in [0, 0.1) is 0 Å². The molecule has 98 valence electrons. The highest BCUT2D eigenvalue weighted by Gasteiger charge is 2.15. The summed E-state index contributed by atoms with van der Waals surface area (Å²) in [5.41, 5.74) is -0.195. The highest BCUT2D eigenvalue weighted by Crippen LogP contribution is 2.11. The van der Waals surface area contributed by atoms with Gasteiger partial charge in [0.15, 0.2) is 5.16 Å². The van der Waals surface area contributed by atoms with E-state index in [2.05, 4.69) is 15.3 Å². The summed E-state index contributed by atoms with van der Waals surface area (Å²) in [6.07, 6.45) is 2.43. The monoisotopic (exact) mass is 268 g/mol. The van der Waals surface area contributed by atoms with Gasteiger partial charge < -0.3 is 15.2 Å². The molecule has 0 aliphatic carbocycles. The molecule has 0 bridgehead atoms. The molecular weight excluding hydrogens is 252 g/mol. The maximum atomic E-state index is 12.0. The number of carbonyl (C=O) groups is 1. The normalized spacial score (nSPS) is 16.3. The smallest absolute Gasteiger partial charge is 0.251 e. The molecule has 1 aromatic heterocycles. The topological polar surface area (TPSA) is 78.1 Å². The Morgan fingerprint density at radius 3 is 3.17 bits per heavy atom. The van der Waals surface area contributed by atoms with E-state index in [1.807, 2.05) is 4.90 Å². The number of hydrogen-bond acceptors (Lipinski definition) is 5. The molecule has 0 aromatic carbocycles. The maximum Gasteiger partial charge on any atom is 0.251 e. The second-order valence-electron chi connectivity index (χ2n) is 4.01. The van der Waals surface area contributed by atoms with Crippen molar-refractivity contribution in [2.24, 2.45) is 0 Å². The Balaban J connectivity index is 1.85. The first-order chi connectivity index (χ1) is 8.75. The number of thioether (sulfide) groups is 1. The summed E-state index contributed by atoms with van der Waals surface area (Å²) < 4.78 is 0. The fourth-order valence-electron chi connectivity index (χ4n) is 1.74. The molecule has 2 heterocycles. The number of aromatic nitrogens is 2.